The van der Waals surface area contributed by atoms with Gasteiger partial charge in [0.1, 0.15) is 0 Å². The Morgan fingerprint density at radius 2 is 1.73 bits per heavy atom. The molecule has 0 radical (unpaired) electrons. The van der Waals surface area contributed by atoms with Crippen LogP contribution in [-0.2, 0) is 9.47 Å². The van der Waals surface area contributed by atoms with Crippen molar-refractivity contribution in [2.24, 2.45) is 5.41 Å². The Bertz CT molecular complexity index is 127. The predicted octanol–water partition coefficient (Wildman–Crippen LogP) is 3.47. The van der Waals surface area contributed by atoms with E-state index in [1.807, 2.05) is 0 Å². The molecule has 0 aromatic heterocycles. The Labute approximate surface area is 99.3 Å². The fourth-order valence-electron chi connectivity index (χ4n) is 1.65. The highest BCUT2D eigenvalue weighted by atomic mass is 35.5. The molecule has 0 heterocycles. The molecule has 3 heteroatoms. The average Bonchev–Trinajstić information content (AvgIpc) is 2.29. The molecule has 0 aromatic carbocycles. The van der Waals surface area contributed by atoms with Gasteiger partial charge in [-0.3, -0.25) is 0 Å². The Hall–Kier alpha value is 0.210. The number of ether oxygens (including phenoxy) is 2. The summed E-state index contributed by atoms with van der Waals surface area (Å²) in [5, 5.41) is 0. The molecule has 0 aromatic rings. The van der Waals surface area contributed by atoms with Crippen LogP contribution in [-0.4, -0.2) is 32.8 Å². The highest BCUT2D eigenvalue weighted by Crippen LogP contribution is 2.33. The summed E-state index contributed by atoms with van der Waals surface area (Å²) in [6.45, 7) is 6.64. The van der Waals surface area contributed by atoms with Gasteiger partial charge in [-0.1, -0.05) is 13.8 Å². The summed E-state index contributed by atoms with van der Waals surface area (Å²) in [6, 6.07) is 0. The molecule has 0 bridgehead atoms. The fraction of sp³-hybridized carbons (Fsp3) is 1.00. The van der Waals surface area contributed by atoms with Crippen LogP contribution >= 0.6 is 11.6 Å². The molecular formula is C12H25ClO2. The topological polar surface area (TPSA) is 18.5 Å². The summed E-state index contributed by atoms with van der Waals surface area (Å²) in [4.78, 5) is 0. The van der Waals surface area contributed by atoms with Gasteiger partial charge < -0.3 is 9.47 Å². The maximum atomic E-state index is 6.03. The largest absolute Gasteiger partial charge is 0.382 e. The minimum atomic E-state index is 0.326. The van der Waals surface area contributed by atoms with Gasteiger partial charge in [0.2, 0.25) is 0 Å². The molecular weight excluding hydrogens is 212 g/mol. The molecule has 0 atom stereocenters. The van der Waals surface area contributed by atoms with Gasteiger partial charge in [0, 0.05) is 19.6 Å². The molecule has 0 unspecified atom stereocenters. The third-order valence-electron chi connectivity index (χ3n) is 3.21. The summed E-state index contributed by atoms with van der Waals surface area (Å²) in [7, 11) is 1.69. The number of rotatable bonds is 10. The molecule has 0 aliphatic heterocycles. The molecule has 0 aliphatic rings. The molecule has 2 nitrogen and oxygen atoms in total. The monoisotopic (exact) mass is 236 g/mol. The summed E-state index contributed by atoms with van der Waals surface area (Å²) in [5.74, 6) is 0.762. The molecule has 0 rings (SSSR count). The van der Waals surface area contributed by atoms with Crippen LogP contribution in [0.2, 0.25) is 0 Å². The maximum absolute atomic E-state index is 6.03. The van der Waals surface area contributed by atoms with E-state index in [4.69, 9.17) is 21.1 Å². The van der Waals surface area contributed by atoms with Crippen molar-refractivity contribution in [3.63, 3.8) is 0 Å². The lowest BCUT2D eigenvalue weighted by atomic mass is 9.80. The summed E-state index contributed by atoms with van der Waals surface area (Å²) in [6.07, 6.45) is 4.57. The van der Waals surface area contributed by atoms with Crippen molar-refractivity contribution in [3.8, 4) is 0 Å². The average molecular weight is 237 g/mol. The molecule has 0 saturated carbocycles. The maximum Gasteiger partial charge on any atom is 0.0700 e. The number of halogens is 1. The normalized spacial score (nSPS) is 12.0. The molecule has 0 aliphatic carbocycles. The minimum absolute atomic E-state index is 0.326. The second-order valence-electron chi connectivity index (χ2n) is 4.05. The molecule has 0 amide bonds. The Kier molecular flexibility index (Phi) is 9.57. The van der Waals surface area contributed by atoms with E-state index < -0.39 is 0 Å². The number of methoxy groups -OCH3 is 1. The van der Waals surface area contributed by atoms with Crippen molar-refractivity contribution < 1.29 is 9.47 Å². The molecule has 92 valence electrons. The molecule has 0 spiro atoms. The zero-order chi connectivity index (χ0) is 11.6. The summed E-state index contributed by atoms with van der Waals surface area (Å²) in [5.41, 5.74) is 0.326. The van der Waals surface area contributed by atoms with Gasteiger partial charge in [0.15, 0.2) is 0 Å². The van der Waals surface area contributed by atoms with Gasteiger partial charge in [-0.05, 0) is 31.1 Å². The lowest BCUT2D eigenvalue weighted by molar-refractivity contribution is 0.0638. The zero-order valence-corrected chi connectivity index (χ0v) is 11.1. The van der Waals surface area contributed by atoms with E-state index in [2.05, 4.69) is 13.8 Å². The summed E-state index contributed by atoms with van der Waals surface area (Å²) < 4.78 is 10.3. The van der Waals surface area contributed by atoms with Crippen LogP contribution in [0.3, 0.4) is 0 Å². The van der Waals surface area contributed by atoms with E-state index in [1.165, 1.54) is 0 Å². The molecule has 0 saturated heterocycles. The quantitative estimate of drug-likeness (QED) is 0.427. The van der Waals surface area contributed by atoms with Crippen molar-refractivity contribution in [1.29, 1.82) is 0 Å². The predicted molar refractivity (Wildman–Crippen MR) is 65.7 cm³/mol. The van der Waals surface area contributed by atoms with E-state index in [1.54, 1.807) is 7.11 Å². The lowest BCUT2D eigenvalue weighted by Gasteiger charge is -2.29. The van der Waals surface area contributed by atoms with Crippen LogP contribution in [0.5, 0.6) is 0 Å². The van der Waals surface area contributed by atoms with E-state index in [9.17, 15) is 0 Å². The zero-order valence-electron chi connectivity index (χ0n) is 10.4. The molecule has 0 fully saturated rings. The van der Waals surface area contributed by atoms with Crippen molar-refractivity contribution in [2.75, 3.05) is 32.8 Å². The molecule has 0 N–H and O–H groups in total. The Morgan fingerprint density at radius 3 is 2.20 bits per heavy atom. The first-order valence-electron chi connectivity index (χ1n) is 5.87. The van der Waals surface area contributed by atoms with Crippen molar-refractivity contribution in [2.45, 2.75) is 39.5 Å². The minimum Gasteiger partial charge on any atom is -0.382 e. The fourth-order valence-corrected chi connectivity index (χ4v) is 2.16. The number of hydrogen-bond donors (Lipinski definition) is 0. The van der Waals surface area contributed by atoms with Crippen LogP contribution in [0.15, 0.2) is 0 Å². The van der Waals surface area contributed by atoms with Crippen LogP contribution in [0, 0.1) is 5.41 Å². The Balaban J connectivity index is 3.54. The number of alkyl halides is 1. The van der Waals surface area contributed by atoms with E-state index in [0.29, 0.717) is 18.6 Å². The third-order valence-corrected chi connectivity index (χ3v) is 3.78. The van der Waals surface area contributed by atoms with Crippen LogP contribution in [0.1, 0.15) is 39.5 Å². The SMILES string of the molecule is CCC(CC)(CCl)CCCOCCOC. The smallest absolute Gasteiger partial charge is 0.0700 e. The summed E-state index contributed by atoms with van der Waals surface area (Å²) >= 11 is 6.03. The van der Waals surface area contributed by atoms with Gasteiger partial charge in [-0.2, -0.15) is 0 Å². The van der Waals surface area contributed by atoms with Crippen LogP contribution in [0.4, 0.5) is 0 Å². The third kappa shape index (κ3) is 6.39. The molecule has 15 heavy (non-hydrogen) atoms. The standard InChI is InChI=1S/C12H25ClO2/c1-4-12(5-2,11-13)7-6-8-15-10-9-14-3/h4-11H2,1-3H3. The van der Waals surface area contributed by atoms with Gasteiger partial charge in [-0.15, -0.1) is 11.6 Å². The van der Waals surface area contributed by atoms with Crippen LogP contribution < -0.4 is 0 Å². The first kappa shape index (κ1) is 15.2. The van der Waals surface area contributed by atoms with Crippen molar-refractivity contribution in [3.05, 3.63) is 0 Å². The Morgan fingerprint density at radius 1 is 1.07 bits per heavy atom. The first-order valence-corrected chi connectivity index (χ1v) is 6.40. The van der Waals surface area contributed by atoms with Crippen LogP contribution in [0.25, 0.3) is 0 Å². The second kappa shape index (κ2) is 9.44. The second-order valence-corrected chi connectivity index (χ2v) is 4.32. The van der Waals surface area contributed by atoms with E-state index >= 15 is 0 Å². The van der Waals surface area contributed by atoms with E-state index in [-0.39, 0.29) is 0 Å². The highest BCUT2D eigenvalue weighted by molar-refractivity contribution is 6.18. The van der Waals surface area contributed by atoms with Crippen molar-refractivity contribution in [1.82, 2.24) is 0 Å². The van der Waals surface area contributed by atoms with Gasteiger partial charge in [0.25, 0.3) is 0 Å². The van der Waals surface area contributed by atoms with Gasteiger partial charge in [0.05, 0.1) is 13.2 Å². The van der Waals surface area contributed by atoms with Crippen molar-refractivity contribution >= 4 is 11.6 Å². The number of hydrogen-bond acceptors (Lipinski definition) is 2. The van der Waals surface area contributed by atoms with Gasteiger partial charge >= 0.3 is 0 Å². The lowest BCUT2D eigenvalue weighted by Crippen LogP contribution is -2.21. The first-order chi connectivity index (χ1) is 7.24. The highest BCUT2D eigenvalue weighted by Gasteiger charge is 2.23. The van der Waals surface area contributed by atoms with E-state index in [0.717, 1.165) is 38.2 Å². The van der Waals surface area contributed by atoms with Gasteiger partial charge in [-0.25, -0.2) is 0 Å².